The second kappa shape index (κ2) is 6.79. The van der Waals surface area contributed by atoms with E-state index in [-0.39, 0.29) is 18.0 Å². The molecule has 106 valence electrons. The first kappa shape index (κ1) is 16.6. The first-order valence-corrected chi connectivity index (χ1v) is 7.61. The van der Waals surface area contributed by atoms with Crippen molar-refractivity contribution >= 4 is 40.1 Å². The van der Waals surface area contributed by atoms with Crippen molar-refractivity contribution in [3.8, 4) is 5.75 Å². The average Bonchev–Trinajstić information content (AvgIpc) is 2.30. The smallest absolute Gasteiger partial charge is 0.258 e. The Kier molecular flexibility index (Phi) is 5.92. The predicted molar refractivity (Wildman–Crippen MR) is 87.2 cm³/mol. The van der Waals surface area contributed by atoms with E-state index in [0.717, 1.165) is 3.57 Å². The number of benzene rings is 1. The zero-order chi connectivity index (χ0) is 14.7. The standard InChI is InChI=1S/C14H19ClINO2/c1-8(2)17(9(3)4)14(18)10-6-11(15)12(16)7-13(10)19-5/h6-9H,1-5H3. The van der Waals surface area contributed by atoms with Crippen molar-refractivity contribution in [2.45, 2.75) is 39.8 Å². The van der Waals surface area contributed by atoms with Crippen LogP contribution in [0.25, 0.3) is 0 Å². The van der Waals surface area contributed by atoms with Gasteiger partial charge in [0, 0.05) is 15.7 Å². The highest BCUT2D eigenvalue weighted by molar-refractivity contribution is 14.1. The maximum atomic E-state index is 12.7. The van der Waals surface area contributed by atoms with Crippen LogP contribution in [0.4, 0.5) is 0 Å². The summed E-state index contributed by atoms with van der Waals surface area (Å²) in [6.45, 7) is 7.99. The van der Waals surface area contributed by atoms with Crippen LogP contribution in [0.15, 0.2) is 12.1 Å². The van der Waals surface area contributed by atoms with Crippen molar-refractivity contribution < 1.29 is 9.53 Å². The van der Waals surface area contributed by atoms with Crippen molar-refractivity contribution in [3.63, 3.8) is 0 Å². The van der Waals surface area contributed by atoms with Crippen LogP contribution in [0.2, 0.25) is 5.02 Å². The Morgan fingerprint density at radius 1 is 1.26 bits per heavy atom. The summed E-state index contributed by atoms with van der Waals surface area (Å²) in [4.78, 5) is 14.5. The molecule has 0 aromatic heterocycles. The molecule has 0 saturated heterocycles. The minimum absolute atomic E-state index is 0.0554. The van der Waals surface area contributed by atoms with E-state index in [0.29, 0.717) is 16.3 Å². The molecule has 0 aliphatic heterocycles. The van der Waals surface area contributed by atoms with Gasteiger partial charge in [-0.05, 0) is 62.4 Å². The Balaban J connectivity index is 3.28. The normalized spacial score (nSPS) is 11.0. The van der Waals surface area contributed by atoms with Gasteiger partial charge >= 0.3 is 0 Å². The highest BCUT2D eigenvalue weighted by atomic mass is 127. The van der Waals surface area contributed by atoms with Gasteiger partial charge in [-0.1, -0.05) is 11.6 Å². The Hall–Kier alpha value is -0.490. The third kappa shape index (κ3) is 3.75. The summed E-state index contributed by atoms with van der Waals surface area (Å²) in [6, 6.07) is 3.71. The van der Waals surface area contributed by atoms with Gasteiger partial charge in [-0.25, -0.2) is 0 Å². The Bertz CT molecular complexity index is 467. The lowest BCUT2D eigenvalue weighted by Gasteiger charge is -2.31. The van der Waals surface area contributed by atoms with Gasteiger partial charge in [0.2, 0.25) is 0 Å². The third-order valence-electron chi connectivity index (χ3n) is 2.82. The van der Waals surface area contributed by atoms with E-state index in [4.69, 9.17) is 16.3 Å². The van der Waals surface area contributed by atoms with Gasteiger partial charge in [0.15, 0.2) is 0 Å². The van der Waals surface area contributed by atoms with Crippen LogP contribution in [0.5, 0.6) is 5.75 Å². The molecule has 0 bridgehead atoms. The number of rotatable bonds is 4. The molecule has 3 nitrogen and oxygen atoms in total. The number of methoxy groups -OCH3 is 1. The second-order valence-electron chi connectivity index (χ2n) is 4.87. The van der Waals surface area contributed by atoms with Crippen molar-refractivity contribution in [1.29, 1.82) is 0 Å². The molecular formula is C14H19ClINO2. The third-order valence-corrected chi connectivity index (χ3v) is 4.34. The molecule has 19 heavy (non-hydrogen) atoms. The summed E-state index contributed by atoms with van der Waals surface area (Å²) in [7, 11) is 1.56. The molecule has 1 aromatic rings. The fraction of sp³-hybridized carbons (Fsp3) is 0.500. The van der Waals surface area contributed by atoms with E-state index in [1.807, 2.05) is 32.6 Å². The van der Waals surface area contributed by atoms with Gasteiger partial charge in [0.05, 0.1) is 17.7 Å². The number of amides is 1. The van der Waals surface area contributed by atoms with Gasteiger partial charge in [-0.15, -0.1) is 0 Å². The number of hydrogen-bond acceptors (Lipinski definition) is 2. The van der Waals surface area contributed by atoms with Gasteiger partial charge in [0.1, 0.15) is 5.75 Å². The molecule has 0 fully saturated rings. The van der Waals surface area contributed by atoms with Crippen LogP contribution >= 0.6 is 34.2 Å². The van der Waals surface area contributed by atoms with Crippen molar-refractivity contribution in [3.05, 3.63) is 26.3 Å². The van der Waals surface area contributed by atoms with Crippen molar-refractivity contribution in [1.82, 2.24) is 4.90 Å². The first-order chi connectivity index (χ1) is 8.79. The highest BCUT2D eigenvalue weighted by Crippen LogP contribution is 2.30. The number of halogens is 2. The van der Waals surface area contributed by atoms with Crippen LogP contribution < -0.4 is 4.74 Å². The van der Waals surface area contributed by atoms with E-state index in [1.54, 1.807) is 19.2 Å². The molecule has 5 heteroatoms. The number of carbonyl (C=O) groups is 1. The minimum atomic E-state index is -0.0554. The van der Waals surface area contributed by atoms with E-state index >= 15 is 0 Å². The monoisotopic (exact) mass is 395 g/mol. The van der Waals surface area contributed by atoms with Crippen molar-refractivity contribution in [2.75, 3.05) is 7.11 Å². The SMILES string of the molecule is COc1cc(I)c(Cl)cc1C(=O)N(C(C)C)C(C)C. The summed E-state index contributed by atoms with van der Waals surface area (Å²) < 4.78 is 6.17. The molecule has 0 unspecified atom stereocenters. The predicted octanol–water partition coefficient (Wildman–Crippen LogP) is 4.21. The molecular weight excluding hydrogens is 377 g/mol. The number of nitrogens with zero attached hydrogens (tertiary/aromatic N) is 1. The molecule has 1 amide bonds. The van der Waals surface area contributed by atoms with E-state index in [9.17, 15) is 4.79 Å². The number of hydrogen-bond donors (Lipinski definition) is 0. The molecule has 0 spiro atoms. The lowest BCUT2D eigenvalue weighted by molar-refractivity contribution is 0.0640. The minimum Gasteiger partial charge on any atom is -0.496 e. The Labute approximate surface area is 133 Å². The van der Waals surface area contributed by atoms with Crippen molar-refractivity contribution in [2.24, 2.45) is 0 Å². The zero-order valence-electron chi connectivity index (χ0n) is 11.8. The Morgan fingerprint density at radius 3 is 2.21 bits per heavy atom. The number of ether oxygens (including phenoxy) is 1. The molecule has 0 heterocycles. The average molecular weight is 396 g/mol. The molecule has 0 aliphatic carbocycles. The van der Waals surface area contributed by atoms with E-state index < -0.39 is 0 Å². The summed E-state index contributed by atoms with van der Waals surface area (Å²) in [5.74, 6) is 0.505. The van der Waals surface area contributed by atoms with Crippen LogP contribution in [0, 0.1) is 3.57 Å². The van der Waals surface area contributed by atoms with Crippen LogP contribution in [-0.2, 0) is 0 Å². The van der Waals surface area contributed by atoms with Gasteiger partial charge in [0.25, 0.3) is 5.91 Å². The Morgan fingerprint density at radius 2 is 1.79 bits per heavy atom. The molecule has 0 atom stereocenters. The maximum Gasteiger partial charge on any atom is 0.258 e. The lowest BCUT2D eigenvalue weighted by atomic mass is 10.1. The van der Waals surface area contributed by atoms with E-state index in [2.05, 4.69) is 22.6 Å². The summed E-state index contributed by atoms with van der Waals surface area (Å²) in [5.41, 5.74) is 0.510. The zero-order valence-corrected chi connectivity index (χ0v) is 14.7. The van der Waals surface area contributed by atoms with Gasteiger partial charge in [-0.3, -0.25) is 4.79 Å². The second-order valence-corrected chi connectivity index (χ2v) is 6.44. The summed E-state index contributed by atoms with van der Waals surface area (Å²) in [6.07, 6.45) is 0. The molecule has 0 saturated carbocycles. The fourth-order valence-electron chi connectivity index (χ4n) is 2.07. The fourth-order valence-corrected chi connectivity index (χ4v) is 2.67. The molecule has 0 radical (unpaired) electrons. The van der Waals surface area contributed by atoms with Crippen LogP contribution in [-0.4, -0.2) is 30.0 Å². The number of carbonyl (C=O) groups excluding carboxylic acids is 1. The molecule has 1 aromatic carbocycles. The first-order valence-electron chi connectivity index (χ1n) is 6.15. The van der Waals surface area contributed by atoms with Gasteiger partial charge in [-0.2, -0.15) is 0 Å². The van der Waals surface area contributed by atoms with E-state index in [1.165, 1.54) is 0 Å². The van der Waals surface area contributed by atoms with Crippen LogP contribution in [0.3, 0.4) is 0 Å². The molecule has 1 rings (SSSR count). The van der Waals surface area contributed by atoms with Gasteiger partial charge < -0.3 is 9.64 Å². The van der Waals surface area contributed by atoms with Crippen LogP contribution in [0.1, 0.15) is 38.1 Å². The summed E-state index contributed by atoms with van der Waals surface area (Å²) >= 11 is 8.24. The molecule has 0 aliphatic rings. The summed E-state index contributed by atoms with van der Waals surface area (Å²) in [5, 5.41) is 0.567. The largest absolute Gasteiger partial charge is 0.496 e. The maximum absolute atomic E-state index is 12.7. The topological polar surface area (TPSA) is 29.5 Å². The highest BCUT2D eigenvalue weighted by Gasteiger charge is 2.25. The quantitative estimate of drug-likeness (QED) is 0.715. The lowest BCUT2D eigenvalue weighted by Crippen LogP contribution is -2.42. The molecule has 0 N–H and O–H groups in total.